The van der Waals surface area contributed by atoms with Crippen LogP contribution in [0.25, 0.3) is 0 Å². The lowest BCUT2D eigenvalue weighted by Crippen LogP contribution is -2.52. The highest BCUT2D eigenvalue weighted by Gasteiger charge is 2.81. The molecule has 0 aliphatic carbocycles. The Morgan fingerprint density at radius 1 is 0.818 bits per heavy atom. The van der Waals surface area contributed by atoms with Crippen LogP contribution in [0.3, 0.4) is 0 Å². The smallest absolute Gasteiger partial charge is 0.304 e. The second-order valence-corrected chi connectivity index (χ2v) is 7.56. The molecule has 0 spiro atoms. The Balaban J connectivity index is 5.68. The van der Waals surface area contributed by atoms with E-state index in [2.05, 4.69) is 9.05 Å². The van der Waals surface area contributed by atoms with Crippen LogP contribution >= 0.6 is 7.60 Å². The summed E-state index contributed by atoms with van der Waals surface area (Å²) in [6.07, 6.45) is -6.60. The molecular formula is C11H18F7O3P. The molecule has 0 aromatic carbocycles. The molecule has 0 heterocycles. The van der Waals surface area contributed by atoms with Gasteiger partial charge in [-0.05, 0) is 11.8 Å². The zero-order valence-electron chi connectivity index (χ0n) is 12.4. The predicted molar refractivity (Wildman–Crippen MR) is 65.1 cm³/mol. The molecule has 0 amide bonds. The van der Waals surface area contributed by atoms with Crippen molar-refractivity contribution in [3.63, 3.8) is 0 Å². The van der Waals surface area contributed by atoms with Gasteiger partial charge in [-0.1, -0.05) is 27.7 Å². The highest BCUT2D eigenvalue weighted by atomic mass is 31.2. The monoisotopic (exact) mass is 362 g/mol. The fraction of sp³-hybridized carbons (Fsp3) is 1.00. The molecule has 0 saturated carbocycles. The first-order valence-corrected chi connectivity index (χ1v) is 7.84. The van der Waals surface area contributed by atoms with E-state index < -0.39 is 50.4 Å². The largest absolute Gasteiger partial charge is 0.460 e. The number of hydrogen-bond acceptors (Lipinski definition) is 3. The van der Waals surface area contributed by atoms with Crippen LogP contribution in [0.5, 0.6) is 0 Å². The second-order valence-electron chi connectivity index (χ2n) is 5.49. The van der Waals surface area contributed by atoms with E-state index in [1.54, 1.807) is 0 Å². The summed E-state index contributed by atoms with van der Waals surface area (Å²) in [5.41, 5.74) is -6.04. The molecule has 0 rings (SSSR count). The fourth-order valence-corrected chi connectivity index (χ4v) is 2.89. The highest BCUT2D eigenvalue weighted by molar-refractivity contribution is 7.55. The average molecular weight is 362 g/mol. The minimum Gasteiger partial charge on any atom is -0.304 e. The van der Waals surface area contributed by atoms with Gasteiger partial charge in [0.2, 0.25) is 0 Å². The third kappa shape index (κ3) is 4.58. The van der Waals surface area contributed by atoms with Gasteiger partial charge in [0, 0.05) is 0 Å². The minimum atomic E-state index is -6.60. The molecule has 22 heavy (non-hydrogen) atoms. The zero-order chi connectivity index (χ0) is 18.0. The van der Waals surface area contributed by atoms with E-state index in [0.29, 0.717) is 0 Å². The number of rotatable bonds is 8. The van der Waals surface area contributed by atoms with Gasteiger partial charge < -0.3 is 9.05 Å². The van der Waals surface area contributed by atoms with E-state index in [1.807, 2.05) is 0 Å². The van der Waals surface area contributed by atoms with Crippen LogP contribution < -0.4 is 0 Å². The van der Waals surface area contributed by atoms with Crippen LogP contribution in [0, 0.1) is 11.8 Å². The fourth-order valence-electron chi connectivity index (χ4n) is 1.04. The average Bonchev–Trinajstić information content (AvgIpc) is 2.31. The number of halogens is 7. The van der Waals surface area contributed by atoms with Crippen LogP contribution in [0.2, 0.25) is 0 Å². The van der Waals surface area contributed by atoms with Gasteiger partial charge in [0.1, 0.15) is 0 Å². The maximum atomic E-state index is 13.7. The maximum Gasteiger partial charge on any atom is 0.460 e. The Bertz CT molecular complexity index is 391. The van der Waals surface area contributed by atoms with Gasteiger partial charge >= 0.3 is 25.4 Å². The van der Waals surface area contributed by atoms with Crippen molar-refractivity contribution >= 4 is 7.60 Å². The SMILES string of the molecule is CC(C)COP(=O)(OCC(C)C)C(F)(F)C(F)(F)C(F)(F)F. The van der Waals surface area contributed by atoms with Crippen molar-refractivity contribution in [3.05, 3.63) is 0 Å². The van der Waals surface area contributed by atoms with E-state index in [-0.39, 0.29) is 0 Å². The van der Waals surface area contributed by atoms with Crippen molar-refractivity contribution in [2.75, 3.05) is 13.2 Å². The Morgan fingerprint density at radius 2 is 1.14 bits per heavy atom. The highest BCUT2D eigenvalue weighted by Crippen LogP contribution is 2.69. The molecule has 0 N–H and O–H groups in total. The molecule has 0 saturated heterocycles. The summed E-state index contributed by atoms with van der Waals surface area (Å²) in [7, 11) is -6.05. The number of alkyl halides is 7. The van der Waals surface area contributed by atoms with Crippen LogP contribution in [-0.4, -0.2) is 31.0 Å². The molecule has 0 bridgehead atoms. The Hall–Kier alpha value is -0.340. The summed E-state index contributed by atoms with van der Waals surface area (Å²) in [4.78, 5) is 0. The zero-order valence-corrected chi connectivity index (χ0v) is 13.3. The Kier molecular flexibility index (Phi) is 6.94. The van der Waals surface area contributed by atoms with Crippen LogP contribution in [-0.2, 0) is 13.6 Å². The summed E-state index contributed by atoms with van der Waals surface area (Å²) in [6.45, 7) is 4.19. The molecule has 0 aliphatic rings. The lowest BCUT2D eigenvalue weighted by Gasteiger charge is -2.33. The first-order valence-electron chi connectivity index (χ1n) is 6.30. The van der Waals surface area contributed by atoms with Gasteiger partial charge in [-0.15, -0.1) is 0 Å². The lowest BCUT2D eigenvalue weighted by atomic mass is 10.2. The van der Waals surface area contributed by atoms with Gasteiger partial charge in [-0.25, -0.2) is 0 Å². The molecule has 0 fully saturated rings. The van der Waals surface area contributed by atoms with E-state index in [0.717, 1.165) is 0 Å². The summed E-state index contributed by atoms with van der Waals surface area (Å²) in [5.74, 6) is -7.62. The maximum absolute atomic E-state index is 13.7. The van der Waals surface area contributed by atoms with Gasteiger partial charge in [0.05, 0.1) is 13.2 Å². The van der Waals surface area contributed by atoms with Crippen LogP contribution in [0.1, 0.15) is 27.7 Å². The van der Waals surface area contributed by atoms with Crippen LogP contribution in [0.15, 0.2) is 0 Å². The van der Waals surface area contributed by atoms with Gasteiger partial charge in [0.25, 0.3) is 0 Å². The molecule has 0 unspecified atom stereocenters. The molecule has 0 atom stereocenters. The lowest BCUT2D eigenvalue weighted by molar-refractivity contribution is -0.336. The van der Waals surface area contributed by atoms with E-state index in [9.17, 15) is 35.3 Å². The third-order valence-corrected chi connectivity index (χ3v) is 4.18. The standard InChI is InChI=1S/C11H18F7O3P/c1-7(2)5-20-22(19,21-6-8(3)4)11(17,18)9(12,13)10(14,15)16/h7-8H,5-6H2,1-4H3. The summed E-state index contributed by atoms with van der Waals surface area (Å²) in [5, 5.41) is 0. The van der Waals surface area contributed by atoms with Gasteiger partial charge in [-0.3, -0.25) is 4.57 Å². The van der Waals surface area contributed by atoms with Crippen molar-refractivity contribution in [2.24, 2.45) is 11.8 Å². The van der Waals surface area contributed by atoms with Gasteiger partial charge in [0.15, 0.2) is 0 Å². The Labute approximate surface area is 123 Å². The van der Waals surface area contributed by atoms with Crippen molar-refractivity contribution in [1.82, 2.24) is 0 Å². The minimum absolute atomic E-state index is 0.536. The molecule has 134 valence electrons. The third-order valence-electron chi connectivity index (χ3n) is 2.23. The van der Waals surface area contributed by atoms with Crippen molar-refractivity contribution < 1.29 is 44.3 Å². The first-order chi connectivity index (χ1) is 9.58. The molecule has 11 heteroatoms. The molecule has 0 aromatic heterocycles. The molecule has 0 radical (unpaired) electrons. The van der Waals surface area contributed by atoms with Crippen LogP contribution in [0.4, 0.5) is 30.7 Å². The van der Waals surface area contributed by atoms with E-state index in [4.69, 9.17) is 0 Å². The topological polar surface area (TPSA) is 35.5 Å². The molecule has 0 aliphatic heterocycles. The second kappa shape index (κ2) is 7.05. The van der Waals surface area contributed by atoms with E-state index >= 15 is 0 Å². The summed E-state index contributed by atoms with van der Waals surface area (Å²) >= 11 is 0. The van der Waals surface area contributed by atoms with E-state index in [1.165, 1.54) is 27.7 Å². The van der Waals surface area contributed by atoms with Gasteiger partial charge in [-0.2, -0.15) is 30.7 Å². The quantitative estimate of drug-likeness (QED) is 0.433. The van der Waals surface area contributed by atoms with Crippen molar-refractivity contribution in [3.8, 4) is 0 Å². The first kappa shape index (κ1) is 21.7. The number of hydrogen-bond donors (Lipinski definition) is 0. The summed E-state index contributed by atoms with van der Waals surface area (Å²) in [6, 6.07) is 0. The Morgan fingerprint density at radius 3 is 1.36 bits per heavy atom. The van der Waals surface area contributed by atoms with Crippen molar-refractivity contribution in [2.45, 2.75) is 45.5 Å². The van der Waals surface area contributed by atoms with Crippen molar-refractivity contribution in [1.29, 1.82) is 0 Å². The molecule has 3 nitrogen and oxygen atoms in total. The normalized spacial score (nSPS) is 15.0. The molecular weight excluding hydrogens is 344 g/mol. The molecule has 0 aromatic rings. The predicted octanol–water partition coefficient (Wildman–Crippen LogP) is 5.32. The summed E-state index contributed by atoms with van der Waals surface area (Å²) < 4.78 is 110.